The molecule has 0 bridgehead atoms. The van der Waals surface area contributed by atoms with E-state index in [1.54, 1.807) is 12.4 Å². The van der Waals surface area contributed by atoms with Crippen LogP contribution in [0.3, 0.4) is 0 Å². The smallest absolute Gasteiger partial charge is 0.407 e. The lowest BCUT2D eigenvalue weighted by Crippen LogP contribution is -2.51. The zero-order chi connectivity index (χ0) is 40.4. The number of ether oxygens (including phenoxy) is 2. The summed E-state index contributed by atoms with van der Waals surface area (Å²) in [5.41, 5.74) is 6.99. The molecular weight excluding hydrogens is 725 g/mol. The van der Waals surface area contributed by atoms with Crippen molar-refractivity contribution >= 4 is 24.0 Å². The number of likely N-dealkylation sites (tertiary alicyclic amines) is 1. The fraction of sp³-hybridized carbons (Fsp3) is 0.442. The SMILES string of the molecule is COC(=O)N[C@H](C(=O)N1CC(C2CC2)=C[C@H]1c1ncc(-c2ccc(-c3ccc(-c4cnc([C@@H]5CCCN5C(=O)[C@@H](NC(=O)OC)C(C)C)[nH]4)cc3)cc2)[nH]1)C(C)C. The minimum atomic E-state index is -0.720. The van der Waals surface area contributed by atoms with E-state index in [9.17, 15) is 19.2 Å². The van der Waals surface area contributed by atoms with E-state index in [0.29, 0.717) is 24.8 Å². The number of rotatable bonds is 12. The third kappa shape index (κ3) is 8.45. The summed E-state index contributed by atoms with van der Waals surface area (Å²) < 4.78 is 9.56. The number of amides is 4. The summed E-state index contributed by atoms with van der Waals surface area (Å²) >= 11 is 0. The highest BCUT2D eigenvalue weighted by Gasteiger charge is 2.41. The molecule has 0 unspecified atom stereocenters. The number of hydrogen-bond acceptors (Lipinski definition) is 8. The Labute approximate surface area is 332 Å². The van der Waals surface area contributed by atoms with Crippen molar-refractivity contribution in [2.24, 2.45) is 17.8 Å². The van der Waals surface area contributed by atoms with Crippen LogP contribution in [0.15, 0.2) is 72.6 Å². The van der Waals surface area contributed by atoms with Crippen molar-refractivity contribution in [3.8, 4) is 33.6 Å². The molecule has 0 spiro atoms. The number of benzene rings is 2. The molecule has 2 aliphatic heterocycles. The van der Waals surface area contributed by atoms with E-state index >= 15 is 0 Å². The monoisotopic (exact) mass is 776 g/mol. The molecule has 0 radical (unpaired) electrons. The summed E-state index contributed by atoms with van der Waals surface area (Å²) in [7, 11) is 2.58. The number of carbonyl (C=O) groups is 4. The Bertz CT molecular complexity index is 2120. The molecule has 4 atom stereocenters. The number of nitrogens with zero attached hydrogens (tertiary/aromatic N) is 4. The number of hydrogen-bond donors (Lipinski definition) is 4. The van der Waals surface area contributed by atoms with E-state index in [0.717, 1.165) is 65.1 Å². The molecule has 2 fully saturated rings. The molecule has 14 heteroatoms. The Balaban J connectivity index is 1.02. The van der Waals surface area contributed by atoms with Crippen molar-refractivity contribution in [1.29, 1.82) is 0 Å². The van der Waals surface area contributed by atoms with Gasteiger partial charge >= 0.3 is 12.2 Å². The average Bonchev–Trinajstić information content (AvgIpc) is 3.65. The molecule has 4 amide bonds. The second kappa shape index (κ2) is 16.7. The predicted octanol–water partition coefficient (Wildman–Crippen LogP) is 6.78. The van der Waals surface area contributed by atoms with Gasteiger partial charge in [0.25, 0.3) is 0 Å². The van der Waals surface area contributed by atoms with Gasteiger partial charge in [-0.25, -0.2) is 19.6 Å². The Morgan fingerprint density at radius 3 is 1.65 bits per heavy atom. The van der Waals surface area contributed by atoms with Crippen molar-refractivity contribution in [3.63, 3.8) is 0 Å². The van der Waals surface area contributed by atoms with E-state index in [2.05, 4.69) is 80.2 Å². The Hall–Kier alpha value is -5.92. The number of methoxy groups -OCH3 is 2. The van der Waals surface area contributed by atoms with Gasteiger partial charge in [-0.15, -0.1) is 0 Å². The number of H-pyrrole nitrogens is 2. The van der Waals surface area contributed by atoms with Crippen LogP contribution in [0.2, 0.25) is 0 Å². The lowest BCUT2D eigenvalue weighted by molar-refractivity contribution is -0.136. The maximum atomic E-state index is 13.9. The van der Waals surface area contributed by atoms with Crippen molar-refractivity contribution in [2.75, 3.05) is 27.3 Å². The molecule has 4 heterocycles. The van der Waals surface area contributed by atoms with Gasteiger partial charge in [0.15, 0.2) is 0 Å². The standard InChI is InChI=1S/C43H52N8O6/c1-24(2)36(48-42(54)56-5)40(52)50-19-7-8-34(50)38-44-21-32(46-38)29-15-11-26(12-16-29)27-13-17-30(18-14-27)33-22-45-39(47-33)35-20-31(28-9-10-28)23-51(35)41(53)37(25(3)4)49-43(55)57-6/h11-18,20-22,24-25,28,34-37H,7-10,19,23H2,1-6H3,(H,44,46)(H,45,47)(H,48,54)(H,49,55)/t34-,35-,36-,37-/m0/s1. The Morgan fingerprint density at radius 1 is 0.684 bits per heavy atom. The molecule has 4 aromatic rings. The summed E-state index contributed by atoms with van der Waals surface area (Å²) in [6.07, 6.45) is 8.38. The van der Waals surface area contributed by atoms with Crippen molar-refractivity contribution in [2.45, 2.75) is 77.5 Å². The summed E-state index contributed by atoms with van der Waals surface area (Å²) in [5.74, 6) is 1.36. The highest BCUT2D eigenvalue weighted by Crippen LogP contribution is 2.43. The van der Waals surface area contributed by atoms with Crippen LogP contribution >= 0.6 is 0 Å². The molecule has 2 aromatic carbocycles. The molecule has 300 valence electrons. The fourth-order valence-corrected chi connectivity index (χ4v) is 7.84. The second-order valence-electron chi connectivity index (χ2n) is 15.9. The molecule has 1 saturated carbocycles. The molecule has 1 aliphatic carbocycles. The van der Waals surface area contributed by atoms with Crippen LogP contribution in [-0.4, -0.2) is 93.1 Å². The predicted molar refractivity (Wildman–Crippen MR) is 214 cm³/mol. The molecule has 14 nitrogen and oxygen atoms in total. The normalized spacial score (nSPS) is 19.1. The van der Waals surface area contributed by atoms with Crippen LogP contribution in [0.5, 0.6) is 0 Å². The van der Waals surface area contributed by atoms with Crippen molar-refractivity contribution in [1.82, 2.24) is 40.4 Å². The molecule has 57 heavy (non-hydrogen) atoms. The number of nitrogens with one attached hydrogen (secondary N) is 4. The van der Waals surface area contributed by atoms with Crippen LogP contribution in [0.1, 0.15) is 77.1 Å². The van der Waals surface area contributed by atoms with Crippen LogP contribution in [0.25, 0.3) is 33.6 Å². The number of aromatic amines is 2. The van der Waals surface area contributed by atoms with Gasteiger partial charge in [0.1, 0.15) is 29.8 Å². The van der Waals surface area contributed by atoms with Gasteiger partial charge < -0.3 is 39.9 Å². The number of imidazole rings is 2. The highest BCUT2D eigenvalue weighted by molar-refractivity contribution is 5.87. The molecule has 2 aromatic heterocycles. The first-order chi connectivity index (χ1) is 27.4. The van der Waals surface area contributed by atoms with E-state index in [1.807, 2.05) is 37.5 Å². The van der Waals surface area contributed by atoms with E-state index < -0.39 is 24.3 Å². The number of carbonyl (C=O) groups excluding carboxylic acids is 4. The van der Waals surface area contributed by atoms with Gasteiger partial charge in [-0.3, -0.25) is 9.59 Å². The lowest BCUT2D eigenvalue weighted by atomic mass is 10.0. The van der Waals surface area contributed by atoms with Gasteiger partial charge in [-0.05, 0) is 71.3 Å². The van der Waals surface area contributed by atoms with Gasteiger partial charge in [-0.1, -0.05) is 82.3 Å². The highest BCUT2D eigenvalue weighted by atomic mass is 16.5. The van der Waals surface area contributed by atoms with E-state index in [1.165, 1.54) is 19.8 Å². The third-order valence-corrected chi connectivity index (χ3v) is 11.3. The second-order valence-corrected chi connectivity index (χ2v) is 15.9. The number of aromatic nitrogens is 4. The molecule has 1 saturated heterocycles. The van der Waals surface area contributed by atoms with Gasteiger partial charge in [-0.2, -0.15) is 0 Å². The average molecular weight is 777 g/mol. The molecule has 4 N–H and O–H groups in total. The van der Waals surface area contributed by atoms with Crippen LogP contribution < -0.4 is 10.6 Å². The zero-order valence-electron chi connectivity index (χ0n) is 33.4. The Kier molecular flexibility index (Phi) is 11.5. The summed E-state index contributed by atoms with van der Waals surface area (Å²) in [6, 6.07) is 14.5. The summed E-state index contributed by atoms with van der Waals surface area (Å²) in [4.78, 5) is 71.4. The maximum Gasteiger partial charge on any atom is 0.407 e. The van der Waals surface area contributed by atoms with Gasteiger partial charge in [0.05, 0.1) is 44.0 Å². The minimum absolute atomic E-state index is 0.106. The van der Waals surface area contributed by atoms with Gasteiger partial charge in [0, 0.05) is 13.1 Å². The molecule has 7 rings (SSSR count). The topological polar surface area (TPSA) is 175 Å². The van der Waals surface area contributed by atoms with Crippen LogP contribution in [0, 0.1) is 17.8 Å². The van der Waals surface area contributed by atoms with Crippen LogP contribution in [-0.2, 0) is 19.1 Å². The van der Waals surface area contributed by atoms with Gasteiger partial charge in [0.2, 0.25) is 11.8 Å². The lowest BCUT2D eigenvalue weighted by Gasteiger charge is -2.30. The van der Waals surface area contributed by atoms with Crippen LogP contribution in [0.4, 0.5) is 9.59 Å². The summed E-state index contributed by atoms with van der Waals surface area (Å²) in [5, 5.41) is 5.42. The third-order valence-electron chi connectivity index (χ3n) is 11.3. The first-order valence-corrected chi connectivity index (χ1v) is 19.8. The maximum absolute atomic E-state index is 13.9. The first kappa shape index (κ1) is 39.3. The quantitative estimate of drug-likeness (QED) is 0.114. The fourth-order valence-electron chi connectivity index (χ4n) is 7.84. The first-order valence-electron chi connectivity index (χ1n) is 19.8. The molecular formula is C43H52N8O6. The summed E-state index contributed by atoms with van der Waals surface area (Å²) in [6.45, 7) is 8.73. The van der Waals surface area contributed by atoms with Crippen molar-refractivity contribution < 1.29 is 28.7 Å². The van der Waals surface area contributed by atoms with E-state index in [4.69, 9.17) is 14.5 Å². The number of alkyl carbamates (subject to hydrolysis) is 2. The molecule has 3 aliphatic rings. The largest absolute Gasteiger partial charge is 0.453 e. The minimum Gasteiger partial charge on any atom is -0.453 e. The zero-order valence-corrected chi connectivity index (χ0v) is 33.4. The van der Waals surface area contributed by atoms with Crippen molar-refractivity contribution in [3.05, 3.63) is 84.2 Å². The van der Waals surface area contributed by atoms with E-state index in [-0.39, 0.29) is 35.7 Å². The Morgan fingerprint density at radius 2 is 1.16 bits per heavy atom.